The molecular weight excluding hydrogens is 337 g/mol. The van der Waals surface area contributed by atoms with E-state index < -0.39 is 28.8 Å². The summed E-state index contributed by atoms with van der Waals surface area (Å²) >= 11 is 0. The number of hydrogen-bond donors (Lipinski definition) is 2. The number of nitrogens with one attached hydrogen (secondary N) is 1. The lowest BCUT2D eigenvalue weighted by Crippen LogP contribution is -2.40. The highest BCUT2D eigenvalue weighted by Gasteiger charge is 2.30. The number of benzene rings is 1. The number of rotatable bonds is 4. The first-order valence-corrected chi connectivity index (χ1v) is 7.43. The fraction of sp³-hybridized carbons (Fsp3) is 0.312. The minimum absolute atomic E-state index is 0.0910. The zero-order valence-electron chi connectivity index (χ0n) is 13.6. The first kappa shape index (κ1) is 18.7. The molecule has 0 fully saturated rings. The highest BCUT2D eigenvalue weighted by molar-refractivity contribution is 5.92. The topological polar surface area (TPSA) is 90.0 Å². The zero-order valence-corrected chi connectivity index (χ0v) is 13.6. The maximum absolute atomic E-state index is 12.9. The molecular formula is C16H17F3N4O2. The smallest absolute Gasteiger partial charge is 0.347 e. The van der Waals surface area contributed by atoms with Crippen LogP contribution in [0.3, 0.4) is 0 Å². The minimum atomic E-state index is -4.51. The number of nitrogens with two attached hydrogens (primary N) is 1. The van der Waals surface area contributed by atoms with Crippen molar-refractivity contribution in [3.05, 3.63) is 57.5 Å². The van der Waals surface area contributed by atoms with Crippen LogP contribution in [-0.4, -0.2) is 28.3 Å². The van der Waals surface area contributed by atoms with E-state index in [1.807, 2.05) is 0 Å². The van der Waals surface area contributed by atoms with Gasteiger partial charge in [0.15, 0.2) is 5.69 Å². The summed E-state index contributed by atoms with van der Waals surface area (Å²) in [7, 11) is 0. The van der Waals surface area contributed by atoms with Crippen molar-refractivity contribution in [2.24, 2.45) is 5.73 Å². The van der Waals surface area contributed by atoms with Crippen molar-refractivity contribution >= 4 is 5.91 Å². The van der Waals surface area contributed by atoms with Crippen molar-refractivity contribution in [2.75, 3.05) is 6.54 Å². The monoisotopic (exact) mass is 354 g/mol. The van der Waals surface area contributed by atoms with E-state index in [0.29, 0.717) is 5.69 Å². The van der Waals surface area contributed by atoms with Gasteiger partial charge in [-0.15, -0.1) is 0 Å². The third-order valence-electron chi connectivity index (χ3n) is 3.47. The molecule has 0 saturated carbocycles. The van der Waals surface area contributed by atoms with Gasteiger partial charge in [-0.1, -0.05) is 6.07 Å². The average Bonchev–Trinajstić information content (AvgIpc) is 2.54. The largest absolute Gasteiger partial charge is 0.416 e. The lowest BCUT2D eigenvalue weighted by atomic mass is 10.2. The first-order valence-electron chi connectivity index (χ1n) is 7.43. The number of alkyl halides is 3. The number of hydrogen-bond acceptors (Lipinski definition) is 4. The van der Waals surface area contributed by atoms with Gasteiger partial charge in [0, 0.05) is 24.3 Å². The molecule has 0 aliphatic rings. The van der Waals surface area contributed by atoms with Gasteiger partial charge in [-0.05, 0) is 32.0 Å². The van der Waals surface area contributed by atoms with E-state index in [-0.39, 0.29) is 18.3 Å². The fourth-order valence-electron chi connectivity index (χ4n) is 2.13. The molecule has 9 heteroatoms. The Kier molecular flexibility index (Phi) is 5.27. The Morgan fingerprint density at radius 3 is 2.64 bits per heavy atom. The molecule has 0 unspecified atom stereocenters. The summed E-state index contributed by atoms with van der Waals surface area (Å²) in [4.78, 5) is 24.1. The maximum atomic E-state index is 12.9. The molecule has 6 nitrogen and oxygen atoms in total. The highest BCUT2D eigenvalue weighted by Crippen LogP contribution is 2.30. The normalized spacial score (nSPS) is 12.7. The maximum Gasteiger partial charge on any atom is 0.416 e. The van der Waals surface area contributed by atoms with E-state index in [0.717, 1.165) is 22.9 Å². The number of carbonyl (C=O) groups is 1. The van der Waals surface area contributed by atoms with Crippen molar-refractivity contribution in [3.63, 3.8) is 0 Å². The number of halogens is 3. The molecule has 1 atom stereocenters. The summed E-state index contributed by atoms with van der Waals surface area (Å²) in [5, 5.41) is 6.44. The number of aryl methyl sites for hydroxylation is 1. The van der Waals surface area contributed by atoms with Gasteiger partial charge in [0.05, 0.1) is 11.3 Å². The van der Waals surface area contributed by atoms with E-state index in [4.69, 9.17) is 5.73 Å². The van der Waals surface area contributed by atoms with E-state index in [2.05, 4.69) is 10.4 Å². The predicted molar refractivity (Wildman–Crippen MR) is 85.6 cm³/mol. The van der Waals surface area contributed by atoms with Crippen molar-refractivity contribution < 1.29 is 18.0 Å². The van der Waals surface area contributed by atoms with Gasteiger partial charge in [0.25, 0.3) is 5.91 Å². The van der Waals surface area contributed by atoms with Gasteiger partial charge in [-0.25, -0.2) is 4.68 Å². The molecule has 2 aromatic rings. The number of carbonyl (C=O) groups excluding carboxylic acids is 1. The van der Waals surface area contributed by atoms with Crippen LogP contribution in [0.1, 0.15) is 28.7 Å². The third-order valence-corrected chi connectivity index (χ3v) is 3.47. The summed E-state index contributed by atoms with van der Waals surface area (Å²) in [6.45, 7) is 3.33. The Hall–Kier alpha value is -2.68. The lowest BCUT2D eigenvalue weighted by molar-refractivity contribution is -0.137. The van der Waals surface area contributed by atoms with E-state index in [9.17, 15) is 22.8 Å². The quantitative estimate of drug-likeness (QED) is 0.873. The lowest BCUT2D eigenvalue weighted by Gasteiger charge is -2.14. The van der Waals surface area contributed by atoms with Crippen molar-refractivity contribution in [1.29, 1.82) is 0 Å². The van der Waals surface area contributed by atoms with Crippen LogP contribution in [0, 0.1) is 6.92 Å². The Balaban J connectivity index is 2.51. The number of nitrogens with zero attached hydrogens (tertiary/aromatic N) is 2. The van der Waals surface area contributed by atoms with Gasteiger partial charge in [0.2, 0.25) is 5.43 Å². The molecule has 0 bridgehead atoms. The summed E-state index contributed by atoms with van der Waals surface area (Å²) in [5.74, 6) is -0.733. The number of aromatic nitrogens is 2. The molecule has 0 spiro atoms. The van der Waals surface area contributed by atoms with Gasteiger partial charge < -0.3 is 11.1 Å². The molecule has 0 aliphatic carbocycles. The Morgan fingerprint density at radius 2 is 2.04 bits per heavy atom. The molecule has 25 heavy (non-hydrogen) atoms. The van der Waals surface area contributed by atoms with Gasteiger partial charge >= 0.3 is 6.18 Å². The van der Waals surface area contributed by atoms with Crippen LogP contribution < -0.4 is 16.5 Å². The molecule has 2 rings (SSSR count). The summed E-state index contributed by atoms with van der Waals surface area (Å²) < 4.78 is 39.8. The molecule has 0 saturated heterocycles. The second-order valence-corrected chi connectivity index (χ2v) is 5.57. The van der Waals surface area contributed by atoms with Crippen LogP contribution in [-0.2, 0) is 6.18 Å². The summed E-state index contributed by atoms with van der Waals surface area (Å²) in [6, 6.07) is 5.23. The SMILES string of the molecule is Cc1cc(=O)c(C(=O)N[C@@H](C)CN)nn1-c1cccc(C(F)(F)F)c1. The van der Waals surface area contributed by atoms with E-state index in [1.165, 1.54) is 19.1 Å². The molecule has 0 radical (unpaired) electrons. The minimum Gasteiger partial charge on any atom is -0.347 e. The van der Waals surface area contributed by atoms with E-state index in [1.54, 1.807) is 6.92 Å². The fourth-order valence-corrected chi connectivity index (χ4v) is 2.13. The molecule has 0 aliphatic heterocycles. The van der Waals surface area contributed by atoms with Crippen molar-refractivity contribution in [1.82, 2.24) is 15.1 Å². The standard InChI is InChI=1S/C16H17F3N4O2/c1-9(8-20)21-15(25)14-13(24)6-10(2)23(22-14)12-5-3-4-11(7-12)16(17,18)19/h3-7,9H,8,20H2,1-2H3,(H,21,25)/t9-/m0/s1. The Labute approximate surface area is 141 Å². The third kappa shape index (κ3) is 4.24. The Bertz CT molecular complexity index is 846. The molecule has 3 N–H and O–H groups in total. The molecule has 1 aromatic heterocycles. The second kappa shape index (κ2) is 7.06. The van der Waals surface area contributed by atoms with Crippen molar-refractivity contribution in [2.45, 2.75) is 26.1 Å². The molecule has 1 heterocycles. The van der Waals surface area contributed by atoms with Crippen LogP contribution in [0.15, 0.2) is 35.1 Å². The Morgan fingerprint density at radius 1 is 1.36 bits per heavy atom. The highest BCUT2D eigenvalue weighted by atomic mass is 19.4. The van der Waals surface area contributed by atoms with Crippen LogP contribution in [0.2, 0.25) is 0 Å². The van der Waals surface area contributed by atoms with Crippen molar-refractivity contribution in [3.8, 4) is 5.69 Å². The van der Waals surface area contributed by atoms with Crippen LogP contribution in [0.5, 0.6) is 0 Å². The van der Waals surface area contributed by atoms with Crippen LogP contribution in [0.25, 0.3) is 5.69 Å². The summed E-state index contributed by atoms with van der Waals surface area (Å²) in [6.07, 6.45) is -4.51. The molecule has 1 aromatic carbocycles. The molecule has 134 valence electrons. The van der Waals surface area contributed by atoms with E-state index >= 15 is 0 Å². The average molecular weight is 354 g/mol. The first-order chi connectivity index (χ1) is 11.6. The van der Waals surface area contributed by atoms with Gasteiger partial charge in [0.1, 0.15) is 0 Å². The van der Waals surface area contributed by atoms with Crippen LogP contribution in [0.4, 0.5) is 13.2 Å². The molecule has 1 amide bonds. The van der Waals surface area contributed by atoms with Crippen LogP contribution >= 0.6 is 0 Å². The predicted octanol–water partition coefficient (Wildman–Crippen LogP) is 1.64. The summed E-state index contributed by atoms with van der Waals surface area (Å²) in [5.41, 5.74) is 3.91. The van der Waals surface area contributed by atoms with Gasteiger partial charge in [-0.3, -0.25) is 9.59 Å². The zero-order chi connectivity index (χ0) is 18.8. The number of amides is 1. The van der Waals surface area contributed by atoms with Gasteiger partial charge in [-0.2, -0.15) is 18.3 Å². The second-order valence-electron chi connectivity index (χ2n) is 5.57.